The Morgan fingerprint density at radius 3 is 1.01 bits per heavy atom. The Labute approximate surface area is 495 Å². The molecule has 0 aromatic heterocycles. The van der Waals surface area contributed by atoms with E-state index >= 15 is 0 Å². The van der Waals surface area contributed by atoms with E-state index in [1.807, 2.05) is 21.1 Å². The van der Waals surface area contributed by atoms with Crippen LogP contribution in [-0.2, 0) is 33.3 Å². The summed E-state index contributed by atoms with van der Waals surface area (Å²) in [7, 11) is 5.94. The monoisotopic (exact) mass is 1120 g/mol. The molecular weight excluding hydrogens is 1010 g/mol. The van der Waals surface area contributed by atoms with Crippen LogP contribution in [0, 0.1) is 0 Å². The van der Waals surface area contributed by atoms with Crippen LogP contribution in [0.2, 0.25) is 0 Å². The minimum absolute atomic E-state index is 0.170. The van der Waals surface area contributed by atoms with E-state index in [0.717, 1.165) is 128 Å². The minimum Gasteiger partial charge on any atom is -0.477 e. The Kier molecular flexibility index (Phi) is 56.7. The molecule has 454 valence electrons. The summed E-state index contributed by atoms with van der Waals surface area (Å²) in [6.45, 7) is 4.56. The van der Waals surface area contributed by atoms with Gasteiger partial charge in [-0.25, -0.2) is 4.79 Å². The van der Waals surface area contributed by atoms with E-state index in [4.69, 9.17) is 18.9 Å². The second kappa shape index (κ2) is 60.7. The van der Waals surface area contributed by atoms with Gasteiger partial charge >= 0.3 is 17.9 Å². The number of rotatable bonds is 55. The van der Waals surface area contributed by atoms with Crippen molar-refractivity contribution in [2.75, 3.05) is 47.5 Å². The van der Waals surface area contributed by atoms with E-state index < -0.39 is 30.3 Å². The molecule has 0 saturated carbocycles. The van der Waals surface area contributed by atoms with Crippen molar-refractivity contribution in [3.63, 3.8) is 0 Å². The molecule has 0 fully saturated rings. The van der Waals surface area contributed by atoms with Crippen LogP contribution in [0.15, 0.2) is 170 Å². The Balaban J connectivity index is 4.29. The number of esters is 2. The Hall–Kier alpha value is -5.35. The first-order valence-corrected chi connectivity index (χ1v) is 31.3. The van der Waals surface area contributed by atoms with Gasteiger partial charge in [0.15, 0.2) is 6.10 Å². The molecule has 2 atom stereocenters. The van der Waals surface area contributed by atoms with E-state index in [2.05, 4.69) is 184 Å². The third-order valence-electron chi connectivity index (χ3n) is 12.5. The highest BCUT2D eigenvalue weighted by Gasteiger charge is 2.25. The Bertz CT molecular complexity index is 1930. The molecule has 0 aliphatic carbocycles. The number of aliphatic carboxylic acids is 1. The SMILES string of the molecule is CC/C=C\C/C=C\C/C=C\C/C=C\C/C=C\C/C=C\C/C=C\C/C=C\CCCCCCCCCCCCC(=O)OC(COC(=O)CCCC/C=C\C/C=C\C/C=C\C/C=C\C/C=C\C/C=C\CC)COC(OCC[N+](C)(C)C)C(=O)O. The van der Waals surface area contributed by atoms with Crippen LogP contribution in [0.1, 0.15) is 206 Å². The van der Waals surface area contributed by atoms with Gasteiger partial charge < -0.3 is 28.5 Å². The predicted octanol–water partition coefficient (Wildman–Crippen LogP) is 19.1. The molecule has 9 heteroatoms. The van der Waals surface area contributed by atoms with Gasteiger partial charge in [-0.3, -0.25) is 9.59 Å². The van der Waals surface area contributed by atoms with Gasteiger partial charge in [0, 0.05) is 12.8 Å². The average Bonchev–Trinajstić information content (AvgIpc) is 3.44. The first-order valence-electron chi connectivity index (χ1n) is 31.3. The van der Waals surface area contributed by atoms with Crippen LogP contribution in [0.5, 0.6) is 0 Å². The van der Waals surface area contributed by atoms with Gasteiger partial charge in [0.25, 0.3) is 6.29 Å². The minimum atomic E-state index is -1.53. The largest absolute Gasteiger partial charge is 0.477 e. The van der Waals surface area contributed by atoms with E-state index in [9.17, 15) is 19.5 Å². The highest BCUT2D eigenvalue weighted by atomic mass is 16.7. The number of allylic oxidation sites excluding steroid dienone is 28. The molecule has 2 unspecified atom stereocenters. The molecule has 1 N–H and O–H groups in total. The predicted molar refractivity (Wildman–Crippen MR) is 345 cm³/mol. The van der Waals surface area contributed by atoms with Crippen molar-refractivity contribution in [3.8, 4) is 0 Å². The number of quaternary nitrogens is 1. The fraction of sp³-hybridized carbons (Fsp3) is 0.569. The lowest BCUT2D eigenvalue weighted by molar-refractivity contribution is -0.870. The smallest absolute Gasteiger partial charge is 0.361 e. The molecule has 0 saturated heterocycles. The van der Waals surface area contributed by atoms with Crippen molar-refractivity contribution in [1.29, 1.82) is 0 Å². The highest BCUT2D eigenvalue weighted by Crippen LogP contribution is 2.14. The van der Waals surface area contributed by atoms with Crippen LogP contribution >= 0.6 is 0 Å². The average molecular weight is 1120 g/mol. The van der Waals surface area contributed by atoms with Crippen molar-refractivity contribution >= 4 is 17.9 Å². The molecule has 0 amide bonds. The quantitative estimate of drug-likeness (QED) is 0.0211. The van der Waals surface area contributed by atoms with Gasteiger partial charge in [0.1, 0.15) is 13.2 Å². The standard InChI is InChI=1S/C72H113NO8/c1-6-8-10-12-14-16-18-20-22-24-26-28-29-30-31-32-33-34-35-36-37-38-39-40-41-43-45-47-49-51-53-55-57-59-61-63-70(75)81-68(67-80-72(71(76)77)78-65-64-73(3,4)5)66-79-69(74)62-60-58-56-54-52-50-48-46-44-42-27-25-23-21-19-17-15-13-11-9-7-2/h8-11,14-17,20-23,26-28,30-31,33-34,36-37,39-40,42,46,48,52,54,68,72H,6-7,12-13,18-19,24-25,29,32,35,38,41,43-45,47,49-51,53,55-67H2,1-5H3/p+1/b10-8-,11-9-,16-14-,17-15-,22-20-,23-21-,28-26-,31-30-,34-33-,37-36-,40-39-,42-27-,48-46-,54-52-. The fourth-order valence-corrected chi connectivity index (χ4v) is 7.74. The molecule has 81 heavy (non-hydrogen) atoms. The maximum atomic E-state index is 12.9. The molecular formula is C72H114NO8+. The van der Waals surface area contributed by atoms with Crippen molar-refractivity contribution < 1.29 is 42.9 Å². The number of nitrogens with zero attached hydrogens (tertiary/aromatic N) is 1. The zero-order chi connectivity index (χ0) is 59.1. The first-order chi connectivity index (χ1) is 39.6. The van der Waals surface area contributed by atoms with E-state index in [-0.39, 0.29) is 32.7 Å². The summed E-state index contributed by atoms with van der Waals surface area (Å²) in [6, 6.07) is 0. The van der Waals surface area contributed by atoms with Crippen LogP contribution in [-0.4, -0.2) is 87.4 Å². The summed E-state index contributed by atoms with van der Waals surface area (Å²) < 4.78 is 22.8. The van der Waals surface area contributed by atoms with E-state index in [1.165, 1.54) is 38.5 Å². The third kappa shape index (κ3) is 62.1. The van der Waals surface area contributed by atoms with Gasteiger partial charge in [-0.15, -0.1) is 0 Å². The second-order valence-corrected chi connectivity index (χ2v) is 21.2. The summed E-state index contributed by atoms with van der Waals surface area (Å²) in [5.41, 5.74) is 0. The number of carboxylic acid groups (broad SMARTS) is 1. The van der Waals surface area contributed by atoms with Crippen LogP contribution in [0.3, 0.4) is 0 Å². The highest BCUT2D eigenvalue weighted by molar-refractivity contribution is 5.71. The van der Waals surface area contributed by atoms with Crippen molar-refractivity contribution in [1.82, 2.24) is 0 Å². The van der Waals surface area contributed by atoms with E-state index in [1.54, 1.807) is 0 Å². The van der Waals surface area contributed by atoms with E-state index in [0.29, 0.717) is 23.9 Å². The summed E-state index contributed by atoms with van der Waals surface area (Å²) in [5.74, 6) is -2.09. The lowest BCUT2D eigenvalue weighted by atomic mass is 10.0. The van der Waals surface area contributed by atoms with Gasteiger partial charge in [-0.05, 0) is 128 Å². The number of carboxylic acids is 1. The van der Waals surface area contributed by atoms with Gasteiger partial charge in [0.2, 0.25) is 0 Å². The summed E-state index contributed by atoms with van der Waals surface area (Å²) in [4.78, 5) is 37.5. The normalized spacial score (nSPS) is 13.9. The van der Waals surface area contributed by atoms with Gasteiger partial charge in [0.05, 0.1) is 34.4 Å². The number of unbranched alkanes of at least 4 members (excludes halogenated alkanes) is 12. The second-order valence-electron chi connectivity index (χ2n) is 21.2. The van der Waals surface area contributed by atoms with Crippen molar-refractivity contribution in [2.45, 2.75) is 219 Å². The molecule has 0 aromatic rings. The molecule has 0 heterocycles. The lowest BCUT2D eigenvalue weighted by Gasteiger charge is -2.25. The number of hydrogen-bond donors (Lipinski definition) is 1. The molecule has 0 bridgehead atoms. The number of hydrogen-bond acceptors (Lipinski definition) is 7. The molecule has 9 nitrogen and oxygen atoms in total. The van der Waals surface area contributed by atoms with Crippen LogP contribution < -0.4 is 0 Å². The number of ether oxygens (including phenoxy) is 4. The molecule has 0 aliphatic rings. The van der Waals surface area contributed by atoms with Crippen LogP contribution in [0.25, 0.3) is 0 Å². The zero-order valence-corrected chi connectivity index (χ0v) is 51.6. The molecule has 0 aliphatic heterocycles. The summed E-state index contributed by atoms with van der Waals surface area (Å²) in [5, 5.41) is 9.72. The van der Waals surface area contributed by atoms with Crippen molar-refractivity contribution in [3.05, 3.63) is 170 Å². The first kappa shape index (κ1) is 75.7. The topological polar surface area (TPSA) is 108 Å². The maximum Gasteiger partial charge on any atom is 0.361 e. The number of carbonyl (C=O) groups excluding carboxylic acids is 2. The molecule has 0 radical (unpaired) electrons. The molecule has 0 aromatic carbocycles. The van der Waals surface area contributed by atoms with Crippen molar-refractivity contribution in [2.24, 2.45) is 0 Å². The maximum absolute atomic E-state index is 12.9. The molecule has 0 spiro atoms. The Morgan fingerprint density at radius 2 is 0.667 bits per heavy atom. The number of carbonyl (C=O) groups is 3. The van der Waals surface area contributed by atoms with Gasteiger partial charge in [-0.2, -0.15) is 0 Å². The summed E-state index contributed by atoms with van der Waals surface area (Å²) >= 11 is 0. The Morgan fingerprint density at radius 1 is 0.370 bits per heavy atom. The third-order valence-corrected chi connectivity index (χ3v) is 12.5. The fourth-order valence-electron chi connectivity index (χ4n) is 7.74. The molecule has 0 rings (SSSR count). The lowest BCUT2D eigenvalue weighted by Crippen LogP contribution is -2.40. The number of likely N-dealkylation sites (N-methyl/N-ethyl adjacent to an activating group) is 1. The van der Waals surface area contributed by atoms with Gasteiger partial charge in [-0.1, -0.05) is 235 Å². The van der Waals surface area contributed by atoms with Crippen LogP contribution in [0.4, 0.5) is 0 Å². The zero-order valence-electron chi connectivity index (χ0n) is 51.6. The summed E-state index contributed by atoms with van der Waals surface area (Å²) in [6.07, 6.45) is 88.7.